The summed E-state index contributed by atoms with van der Waals surface area (Å²) in [7, 11) is -1.69. The number of benzene rings is 1. The van der Waals surface area contributed by atoms with Gasteiger partial charge in [-0.15, -0.1) is 0 Å². The van der Waals surface area contributed by atoms with Crippen molar-refractivity contribution in [2.75, 3.05) is 0 Å². The fourth-order valence-electron chi connectivity index (χ4n) is 2.20. The molecule has 112 valence electrons. The van der Waals surface area contributed by atoms with Crippen LogP contribution in [0.2, 0.25) is 19.6 Å². The van der Waals surface area contributed by atoms with Crippen LogP contribution in [0.25, 0.3) is 0 Å². The van der Waals surface area contributed by atoms with Gasteiger partial charge in [-0.2, -0.15) is 5.10 Å². The molecule has 1 aromatic rings. The third-order valence-electron chi connectivity index (χ3n) is 3.51. The van der Waals surface area contributed by atoms with E-state index in [9.17, 15) is 9.59 Å². The van der Waals surface area contributed by atoms with Crippen molar-refractivity contribution in [2.45, 2.75) is 45.4 Å². The standard InChI is InChI=1S/C16H22N2O2Si/c1-21(2,3)18(12-13-7-5-4-6-8-13)17-15-10-9-14(19)11-16(15)20/h4-8H,9-12H2,1-3H3. The molecule has 0 saturated heterocycles. The summed E-state index contributed by atoms with van der Waals surface area (Å²) < 4.78 is 2.07. The molecule has 5 heteroatoms. The molecule has 0 bridgehead atoms. The zero-order chi connectivity index (χ0) is 15.5. The Bertz CT molecular complexity index is 561. The van der Waals surface area contributed by atoms with Gasteiger partial charge < -0.3 is 4.67 Å². The number of carbonyl (C=O) groups excluding carboxylic acids is 2. The monoisotopic (exact) mass is 302 g/mol. The van der Waals surface area contributed by atoms with Gasteiger partial charge in [-0.3, -0.25) is 9.59 Å². The van der Waals surface area contributed by atoms with E-state index < -0.39 is 8.24 Å². The van der Waals surface area contributed by atoms with Crippen LogP contribution in [0.4, 0.5) is 0 Å². The first-order chi connectivity index (χ1) is 9.86. The molecule has 21 heavy (non-hydrogen) atoms. The van der Waals surface area contributed by atoms with Crippen LogP contribution in [0, 0.1) is 0 Å². The van der Waals surface area contributed by atoms with Crippen LogP contribution in [0.3, 0.4) is 0 Å². The molecule has 1 aromatic carbocycles. The van der Waals surface area contributed by atoms with Crippen LogP contribution in [0.1, 0.15) is 24.8 Å². The second-order valence-corrected chi connectivity index (χ2v) is 11.3. The van der Waals surface area contributed by atoms with E-state index in [1.165, 1.54) is 5.56 Å². The van der Waals surface area contributed by atoms with Crippen LogP contribution in [0.5, 0.6) is 0 Å². The summed E-state index contributed by atoms with van der Waals surface area (Å²) in [5, 5.41) is 4.63. The highest BCUT2D eigenvalue weighted by Crippen LogP contribution is 2.18. The van der Waals surface area contributed by atoms with Crippen LogP contribution in [-0.4, -0.2) is 30.2 Å². The van der Waals surface area contributed by atoms with Gasteiger partial charge in [-0.1, -0.05) is 50.0 Å². The lowest BCUT2D eigenvalue weighted by molar-refractivity contribution is -0.125. The van der Waals surface area contributed by atoms with Gasteiger partial charge in [0, 0.05) is 12.8 Å². The summed E-state index contributed by atoms with van der Waals surface area (Å²) in [6.45, 7) is 7.33. The second-order valence-electron chi connectivity index (χ2n) is 6.40. The van der Waals surface area contributed by atoms with Gasteiger partial charge in [0.25, 0.3) is 0 Å². The lowest BCUT2D eigenvalue weighted by Gasteiger charge is -2.32. The molecule has 0 spiro atoms. The average molecular weight is 302 g/mol. The molecule has 1 aliphatic carbocycles. The Hall–Kier alpha value is -1.75. The summed E-state index contributed by atoms with van der Waals surface area (Å²) in [4.78, 5) is 23.3. The molecule has 0 unspecified atom stereocenters. The Labute approximate surface area is 126 Å². The molecular formula is C16H22N2O2Si. The van der Waals surface area contributed by atoms with E-state index in [0.717, 1.165) is 0 Å². The first-order valence-electron chi connectivity index (χ1n) is 7.30. The average Bonchev–Trinajstić information content (AvgIpc) is 2.41. The van der Waals surface area contributed by atoms with Crippen molar-refractivity contribution in [3.8, 4) is 0 Å². The molecule has 1 fully saturated rings. The summed E-state index contributed by atoms with van der Waals surface area (Å²) >= 11 is 0. The van der Waals surface area contributed by atoms with Crippen LogP contribution < -0.4 is 0 Å². The van der Waals surface area contributed by atoms with E-state index in [1.807, 2.05) is 18.2 Å². The van der Waals surface area contributed by atoms with Crippen molar-refractivity contribution in [2.24, 2.45) is 5.10 Å². The minimum atomic E-state index is -1.69. The molecule has 4 nitrogen and oxygen atoms in total. The highest BCUT2D eigenvalue weighted by atomic mass is 28.3. The lowest BCUT2D eigenvalue weighted by Crippen LogP contribution is -2.43. The smallest absolute Gasteiger partial charge is 0.186 e. The largest absolute Gasteiger partial charge is 0.320 e. The molecule has 2 rings (SSSR count). The van der Waals surface area contributed by atoms with Gasteiger partial charge in [-0.25, -0.2) is 0 Å². The SMILES string of the molecule is C[Si](C)(C)N(Cc1ccccc1)N=C1CCC(=O)CC1=O. The van der Waals surface area contributed by atoms with E-state index in [-0.39, 0.29) is 18.0 Å². The van der Waals surface area contributed by atoms with Crippen molar-refractivity contribution in [3.63, 3.8) is 0 Å². The van der Waals surface area contributed by atoms with Crippen molar-refractivity contribution in [3.05, 3.63) is 35.9 Å². The zero-order valence-corrected chi connectivity index (χ0v) is 13.9. The van der Waals surface area contributed by atoms with Gasteiger partial charge in [-0.05, 0) is 5.56 Å². The summed E-state index contributed by atoms with van der Waals surface area (Å²) in [6, 6.07) is 10.1. The van der Waals surface area contributed by atoms with E-state index in [2.05, 4.69) is 41.5 Å². The minimum absolute atomic E-state index is 0.0176. The molecule has 0 amide bonds. The van der Waals surface area contributed by atoms with Crippen LogP contribution >= 0.6 is 0 Å². The number of hydrogen-bond acceptors (Lipinski definition) is 4. The summed E-state index contributed by atoms with van der Waals surface area (Å²) in [5.74, 6) is -0.0795. The quantitative estimate of drug-likeness (QED) is 0.488. The predicted molar refractivity (Wildman–Crippen MR) is 86.6 cm³/mol. The predicted octanol–water partition coefficient (Wildman–Crippen LogP) is 3.00. The normalized spacial score (nSPS) is 18.1. The Morgan fingerprint density at radius 2 is 1.76 bits per heavy atom. The topological polar surface area (TPSA) is 49.7 Å². The highest BCUT2D eigenvalue weighted by Gasteiger charge is 2.27. The van der Waals surface area contributed by atoms with Gasteiger partial charge in [0.15, 0.2) is 14.0 Å². The Morgan fingerprint density at radius 1 is 1.10 bits per heavy atom. The number of nitrogens with zero attached hydrogens (tertiary/aromatic N) is 2. The summed E-state index contributed by atoms with van der Waals surface area (Å²) in [5.41, 5.74) is 1.75. The molecule has 0 radical (unpaired) electrons. The van der Waals surface area contributed by atoms with Crippen molar-refractivity contribution < 1.29 is 9.59 Å². The van der Waals surface area contributed by atoms with Crippen LogP contribution in [-0.2, 0) is 16.1 Å². The fraction of sp³-hybridized carbons (Fsp3) is 0.438. The Balaban J connectivity index is 2.21. The third kappa shape index (κ3) is 4.36. The fourth-order valence-corrected chi connectivity index (χ4v) is 3.27. The number of hydrazone groups is 1. The van der Waals surface area contributed by atoms with Gasteiger partial charge in [0.05, 0.1) is 13.0 Å². The van der Waals surface area contributed by atoms with Gasteiger partial charge >= 0.3 is 0 Å². The van der Waals surface area contributed by atoms with Crippen LogP contribution in [0.15, 0.2) is 35.4 Å². The molecule has 0 heterocycles. The number of carbonyl (C=O) groups is 2. The lowest BCUT2D eigenvalue weighted by atomic mass is 9.96. The van der Waals surface area contributed by atoms with Crippen molar-refractivity contribution in [1.29, 1.82) is 0 Å². The number of hydrogen-bond donors (Lipinski definition) is 0. The number of Topliss-reactive ketones (excluding diaryl/α,β-unsaturated/α-hetero) is 2. The summed E-state index contributed by atoms with van der Waals surface area (Å²) in [6.07, 6.45) is 0.937. The third-order valence-corrected chi connectivity index (χ3v) is 5.32. The van der Waals surface area contributed by atoms with Gasteiger partial charge in [0.2, 0.25) is 0 Å². The van der Waals surface area contributed by atoms with Crippen molar-refractivity contribution in [1.82, 2.24) is 4.67 Å². The number of ketones is 2. The minimum Gasteiger partial charge on any atom is -0.320 e. The van der Waals surface area contributed by atoms with Gasteiger partial charge in [0.1, 0.15) is 11.5 Å². The highest BCUT2D eigenvalue weighted by molar-refractivity contribution is 6.73. The molecule has 0 aliphatic heterocycles. The maximum atomic E-state index is 12.0. The molecule has 1 aliphatic rings. The number of rotatable bonds is 4. The maximum absolute atomic E-state index is 12.0. The van der Waals surface area contributed by atoms with E-state index in [0.29, 0.717) is 25.1 Å². The first-order valence-corrected chi connectivity index (χ1v) is 10.7. The molecule has 1 saturated carbocycles. The molecule has 0 aromatic heterocycles. The zero-order valence-electron chi connectivity index (χ0n) is 12.9. The second kappa shape index (κ2) is 6.35. The molecular weight excluding hydrogens is 280 g/mol. The Kier molecular flexibility index (Phi) is 4.72. The van der Waals surface area contributed by atoms with E-state index in [4.69, 9.17) is 0 Å². The molecule has 0 N–H and O–H groups in total. The maximum Gasteiger partial charge on any atom is 0.186 e. The van der Waals surface area contributed by atoms with Crippen molar-refractivity contribution >= 4 is 25.5 Å². The van der Waals surface area contributed by atoms with E-state index in [1.54, 1.807) is 0 Å². The molecule has 0 atom stereocenters. The first kappa shape index (κ1) is 15.6. The Morgan fingerprint density at radius 3 is 2.33 bits per heavy atom. The van der Waals surface area contributed by atoms with E-state index >= 15 is 0 Å².